The van der Waals surface area contributed by atoms with Crippen LogP contribution in [-0.4, -0.2) is 35.4 Å². The second-order valence-corrected chi connectivity index (χ2v) is 5.20. The largest absolute Gasteiger partial charge is 0.487 e. The first kappa shape index (κ1) is 17.0. The topological polar surface area (TPSA) is 76.2 Å². The summed E-state index contributed by atoms with van der Waals surface area (Å²) < 4.78 is 23.8. The Labute approximate surface area is 134 Å². The van der Waals surface area contributed by atoms with Crippen molar-refractivity contribution in [2.45, 2.75) is 26.6 Å². The molecule has 0 saturated carbocycles. The van der Waals surface area contributed by atoms with Gasteiger partial charge in [0.05, 0.1) is 18.4 Å². The summed E-state index contributed by atoms with van der Waals surface area (Å²) in [4.78, 5) is 11.9. The quantitative estimate of drug-likeness (QED) is 0.731. The number of aromatic amines is 1. The molecular formula is C16H20FN3O3. The summed E-state index contributed by atoms with van der Waals surface area (Å²) >= 11 is 0. The lowest BCUT2D eigenvalue weighted by Gasteiger charge is -2.07. The normalized spacial score (nSPS) is 10.8. The van der Waals surface area contributed by atoms with Crippen molar-refractivity contribution in [2.24, 2.45) is 0 Å². The molecule has 23 heavy (non-hydrogen) atoms. The Morgan fingerprint density at radius 1 is 1.39 bits per heavy atom. The van der Waals surface area contributed by atoms with Gasteiger partial charge in [-0.1, -0.05) is 6.07 Å². The van der Waals surface area contributed by atoms with Gasteiger partial charge in [-0.2, -0.15) is 5.10 Å². The molecule has 0 aliphatic heterocycles. The molecule has 0 bridgehead atoms. The number of carbonyl (C=O) groups is 1. The standard InChI is InChI=1S/C16H20FN3O3/c1-11(2)22-7-6-18-16(21)15-9-13(19-20-15)10-23-14-5-3-4-12(17)8-14/h3-5,8-9,11H,6-7,10H2,1-2H3,(H,18,21)(H,19,20). The van der Waals surface area contributed by atoms with Gasteiger partial charge < -0.3 is 14.8 Å². The number of benzene rings is 1. The molecule has 0 atom stereocenters. The molecule has 1 amide bonds. The highest BCUT2D eigenvalue weighted by molar-refractivity contribution is 5.92. The zero-order chi connectivity index (χ0) is 16.7. The molecule has 0 radical (unpaired) electrons. The maximum absolute atomic E-state index is 13.0. The van der Waals surface area contributed by atoms with Crippen molar-refractivity contribution in [1.82, 2.24) is 15.5 Å². The van der Waals surface area contributed by atoms with E-state index in [1.807, 2.05) is 13.8 Å². The van der Waals surface area contributed by atoms with Gasteiger partial charge in [-0.3, -0.25) is 9.89 Å². The van der Waals surface area contributed by atoms with E-state index in [2.05, 4.69) is 15.5 Å². The molecule has 0 fully saturated rings. The minimum absolute atomic E-state index is 0.129. The van der Waals surface area contributed by atoms with Crippen LogP contribution in [0.15, 0.2) is 30.3 Å². The Bertz CT molecular complexity index is 643. The number of aromatic nitrogens is 2. The monoisotopic (exact) mass is 321 g/mol. The third-order valence-corrected chi connectivity index (χ3v) is 2.89. The summed E-state index contributed by atoms with van der Waals surface area (Å²) in [5.41, 5.74) is 0.894. The summed E-state index contributed by atoms with van der Waals surface area (Å²) in [6.07, 6.45) is 0.129. The first-order valence-corrected chi connectivity index (χ1v) is 7.37. The summed E-state index contributed by atoms with van der Waals surface area (Å²) in [6, 6.07) is 7.45. The van der Waals surface area contributed by atoms with E-state index in [0.29, 0.717) is 24.6 Å². The van der Waals surface area contributed by atoms with E-state index in [1.165, 1.54) is 12.1 Å². The Balaban J connectivity index is 1.79. The van der Waals surface area contributed by atoms with Gasteiger partial charge in [-0.25, -0.2) is 4.39 Å². The van der Waals surface area contributed by atoms with Crippen LogP contribution in [0, 0.1) is 5.82 Å². The first-order chi connectivity index (χ1) is 11.0. The predicted molar refractivity (Wildman–Crippen MR) is 82.7 cm³/mol. The van der Waals surface area contributed by atoms with Gasteiger partial charge in [-0.05, 0) is 32.0 Å². The Morgan fingerprint density at radius 3 is 2.96 bits per heavy atom. The lowest BCUT2D eigenvalue weighted by atomic mass is 10.3. The number of amides is 1. The molecule has 124 valence electrons. The summed E-state index contributed by atoms with van der Waals surface area (Å²) in [7, 11) is 0. The van der Waals surface area contributed by atoms with E-state index < -0.39 is 0 Å². The maximum atomic E-state index is 13.0. The van der Waals surface area contributed by atoms with Crippen molar-refractivity contribution < 1.29 is 18.7 Å². The molecular weight excluding hydrogens is 301 g/mol. The van der Waals surface area contributed by atoms with E-state index in [1.54, 1.807) is 18.2 Å². The molecule has 6 nitrogen and oxygen atoms in total. The van der Waals surface area contributed by atoms with Crippen LogP contribution >= 0.6 is 0 Å². The van der Waals surface area contributed by atoms with Crippen molar-refractivity contribution in [1.29, 1.82) is 0 Å². The van der Waals surface area contributed by atoms with Crippen LogP contribution in [-0.2, 0) is 11.3 Å². The Kier molecular flexibility index (Phi) is 6.10. The van der Waals surface area contributed by atoms with Gasteiger partial charge in [0, 0.05) is 12.6 Å². The van der Waals surface area contributed by atoms with Gasteiger partial charge in [0.1, 0.15) is 23.9 Å². The average Bonchev–Trinajstić information content (AvgIpc) is 2.98. The van der Waals surface area contributed by atoms with Crippen molar-refractivity contribution in [3.05, 3.63) is 47.5 Å². The first-order valence-electron chi connectivity index (χ1n) is 7.37. The Hall–Kier alpha value is -2.41. The lowest BCUT2D eigenvalue weighted by molar-refractivity contribution is 0.0745. The zero-order valence-electron chi connectivity index (χ0n) is 13.1. The SMILES string of the molecule is CC(C)OCCNC(=O)c1cc(COc2cccc(F)c2)[nH]n1. The fourth-order valence-electron chi connectivity index (χ4n) is 1.82. The molecule has 2 aromatic rings. The van der Waals surface area contributed by atoms with Crippen molar-refractivity contribution in [3.63, 3.8) is 0 Å². The van der Waals surface area contributed by atoms with Gasteiger partial charge in [0.15, 0.2) is 0 Å². The minimum Gasteiger partial charge on any atom is -0.487 e. The molecule has 0 aliphatic carbocycles. The predicted octanol–water partition coefficient (Wildman–Crippen LogP) is 2.28. The second-order valence-electron chi connectivity index (χ2n) is 5.20. The van der Waals surface area contributed by atoms with E-state index in [9.17, 15) is 9.18 Å². The number of carbonyl (C=O) groups excluding carboxylic acids is 1. The third-order valence-electron chi connectivity index (χ3n) is 2.89. The third kappa shape index (κ3) is 5.71. The maximum Gasteiger partial charge on any atom is 0.271 e. The zero-order valence-corrected chi connectivity index (χ0v) is 13.1. The molecule has 0 spiro atoms. The number of nitrogens with one attached hydrogen (secondary N) is 2. The fraction of sp³-hybridized carbons (Fsp3) is 0.375. The molecule has 0 unspecified atom stereocenters. The number of H-pyrrole nitrogens is 1. The van der Waals surface area contributed by atoms with E-state index in [0.717, 1.165) is 0 Å². The van der Waals surface area contributed by atoms with E-state index >= 15 is 0 Å². The highest BCUT2D eigenvalue weighted by atomic mass is 19.1. The van der Waals surface area contributed by atoms with E-state index in [-0.39, 0.29) is 30.1 Å². The minimum atomic E-state index is -0.365. The number of hydrogen-bond donors (Lipinski definition) is 2. The average molecular weight is 321 g/mol. The summed E-state index contributed by atoms with van der Waals surface area (Å²) in [5, 5.41) is 9.36. The van der Waals surface area contributed by atoms with Crippen LogP contribution in [0.5, 0.6) is 5.75 Å². The number of rotatable bonds is 8. The van der Waals surface area contributed by atoms with Crippen molar-refractivity contribution in [2.75, 3.05) is 13.2 Å². The summed E-state index contributed by atoms with van der Waals surface area (Å²) in [6.45, 7) is 4.89. The molecule has 7 heteroatoms. The van der Waals surface area contributed by atoms with Gasteiger partial charge >= 0.3 is 0 Å². The van der Waals surface area contributed by atoms with Crippen LogP contribution in [0.25, 0.3) is 0 Å². The van der Waals surface area contributed by atoms with Gasteiger partial charge in [-0.15, -0.1) is 0 Å². The highest BCUT2D eigenvalue weighted by Crippen LogP contribution is 2.13. The molecule has 0 saturated heterocycles. The number of hydrogen-bond acceptors (Lipinski definition) is 4. The second kappa shape index (κ2) is 8.28. The fourth-order valence-corrected chi connectivity index (χ4v) is 1.82. The van der Waals surface area contributed by atoms with Crippen LogP contribution in [0.1, 0.15) is 30.0 Å². The molecule has 2 N–H and O–H groups in total. The number of ether oxygens (including phenoxy) is 2. The Morgan fingerprint density at radius 2 is 2.22 bits per heavy atom. The smallest absolute Gasteiger partial charge is 0.271 e. The number of halogens is 1. The van der Waals surface area contributed by atoms with Crippen LogP contribution in [0.2, 0.25) is 0 Å². The van der Waals surface area contributed by atoms with Crippen molar-refractivity contribution >= 4 is 5.91 Å². The van der Waals surface area contributed by atoms with E-state index in [4.69, 9.17) is 9.47 Å². The van der Waals surface area contributed by atoms with Crippen LogP contribution in [0.3, 0.4) is 0 Å². The van der Waals surface area contributed by atoms with Crippen molar-refractivity contribution in [3.8, 4) is 5.75 Å². The molecule has 2 rings (SSSR count). The molecule has 0 aliphatic rings. The van der Waals surface area contributed by atoms with Gasteiger partial charge in [0.2, 0.25) is 0 Å². The molecule has 1 aromatic carbocycles. The van der Waals surface area contributed by atoms with Crippen LogP contribution in [0.4, 0.5) is 4.39 Å². The lowest BCUT2D eigenvalue weighted by Crippen LogP contribution is -2.28. The molecule has 1 aromatic heterocycles. The molecule has 1 heterocycles. The van der Waals surface area contributed by atoms with Crippen LogP contribution < -0.4 is 10.1 Å². The number of nitrogens with zero attached hydrogens (tertiary/aromatic N) is 1. The summed E-state index contributed by atoms with van der Waals surface area (Å²) in [5.74, 6) is -0.238. The van der Waals surface area contributed by atoms with Gasteiger partial charge in [0.25, 0.3) is 5.91 Å². The highest BCUT2D eigenvalue weighted by Gasteiger charge is 2.10.